The Morgan fingerprint density at radius 2 is 1.37 bits per heavy atom. The predicted molar refractivity (Wildman–Crippen MR) is 77.8 cm³/mol. The second-order valence-corrected chi connectivity index (χ2v) is 4.71. The summed E-state index contributed by atoms with van der Waals surface area (Å²) < 4.78 is 0.517. The van der Waals surface area contributed by atoms with Gasteiger partial charge in [0.05, 0.1) is 0 Å². The second-order valence-electron chi connectivity index (χ2n) is 3.77. The molecule has 3 nitrogen and oxygen atoms in total. The summed E-state index contributed by atoms with van der Waals surface area (Å²) in [6.07, 6.45) is 3.50. The van der Waals surface area contributed by atoms with E-state index in [0.29, 0.717) is 10.0 Å². The maximum atomic E-state index is 11.2. The van der Waals surface area contributed by atoms with Crippen LogP contribution in [-0.4, -0.2) is 21.0 Å². The molecule has 2 aromatic carbocycles. The molecular weight excluding hydrogens is 305 g/mol. The van der Waals surface area contributed by atoms with Gasteiger partial charge in [0.1, 0.15) is 0 Å². The van der Waals surface area contributed by atoms with E-state index in [-0.39, 0.29) is 10.9 Å². The van der Waals surface area contributed by atoms with Gasteiger partial charge in [-0.3, -0.25) is 4.98 Å². The normalized spacial score (nSPS) is 9.74. The molecule has 0 N–H and O–H groups in total. The minimum atomic E-state index is -0.376. The van der Waals surface area contributed by atoms with Gasteiger partial charge in [-0.25, -0.2) is 0 Å². The van der Waals surface area contributed by atoms with Crippen molar-refractivity contribution in [3.63, 3.8) is 0 Å². The number of aromatic nitrogens is 1. The van der Waals surface area contributed by atoms with Crippen LogP contribution in [0.3, 0.4) is 0 Å². The summed E-state index contributed by atoms with van der Waals surface area (Å²) in [7, 11) is 0. The first-order valence-electron chi connectivity index (χ1n) is 5.64. The van der Waals surface area contributed by atoms with E-state index in [0.717, 1.165) is 5.56 Å². The zero-order valence-electron chi connectivity index (χ0n) is 9.98. The maximum absolute atomic E-state index is 11.2. The largest absolute Gasteiger partial charge is 0.265 e. The SMILES string of the molecule is O=c1c([SeH])c(-c2ccccc2)c1=O.c1ccncc1. The van der Waals surface area contributed by atoms with Gasteiger partial charge in [0.25, 0.3) is 0 Å². The van der Waals surface area contributed by atoms with Crippen LogP contribution in [0.25, 0.3) is 11.1 Å². The van der Waals surface area contributed by atoms with Crippen molar-refractivity contribution in [3.05, 3.63) is 81.4 Å². The molecule has 4 heteroatoms. The van der Waals surface area contributed by atoms with Crippen LogP contribution in [0.4, 0.5) is 0 Å². The van der Waals surface area contributed by atoms with Gasteiger partial charge in [-0.15, -0.1) is 0 Å². The van der Waals surface area contributed by atoms with Gasteiger partial charge in [0, 0.05) is 12.4 Å². The standard InChI is InChI=1S/C10H6O2Se.C5H5N/c11-8-7(10(13)9(8)12)6-4-2-1-3-5-6;1-2-4-6-5-3-1/h1-5,13H;1-5H. The van der Waals surface area contributed by atoms with E-state index < -0.39 is 0 Å². The summed E-state index contributed by atoms with van der Waals surface area (Å²) in [5.74, 6) is 0. The van der Waals surface area contributed by atoms with Crippen molar-refractivity contribution in [1.29, 1.82) is 0 Å². The van der Waals surface area contributed by atoms with Crippen LogP contribution in [0, 0.1) is 0 Å². The first kappa shape index (κ1) is 13.4. The first-order valence-corrected chi connectivity index (χ1v) is 6.58. The van der Waals surface area contributed by atoms with E-state index in [2.05, 4.69) is 21.0 Å². The maximum Gasteiger partial charge on any atom is 0.0267 e. The fraction of sp³-hybridized carbons (Fsp3) is 0. The number of rotatable bonds is 1. The van der Waals surface area contributed by atoms with Crippen LogP contribution < -0.4 is 15.3 Å². The fourth-order valence-corrected chi connectivity index (χ4v) is 2.26. The van der Waals surface area contributed by atoms with Crippen LogP contribution in [-0.2, 0) is 0 Å². The molecule has 0 aliphatic heterocycles. The van der Waals surface area contributed by atoms with E-state index in [1.54, 1.807) is 12.4 Å². The zero-order chi connectivity index (χ0) is 13.7. The molecule has 94 valence electrons. The van der Waals surface area contributed by atoms with Crippen LogP contribution in [0.5, 0.6) is 0 Å². The Labute approximate surface area is 118 Å². The van der Waals surface area contributed by atoms with Crippen molar-refractivity contribution in [3.8, 4) is 11.1 Å². The molecule has 1 heterocycles. The molecule has 0 spiro atoms. The van der Waals surface area contributed by atoms with Crippen LogP contribution >= 0.6 is 0 Å². The van der Waals surface area contributed by atoms with E-state index in [4.69, 9.17) is 0 Å². The summed E-state index contributed by atoms with van der Waals surface area (Å²) in [5, 5.41) is 0. The van der Waals surface area contributed by atoms with E-state index in [9.17, 15) is 9.59 Å². The van der Waals surface area contributed by atoms with Gasteiger partial charge in [-0.2, -0.15) is 0 Å². The third kappa shape index (κ3) is 3.05. The Balaban J connectivity index is 0.000000186. The molecule has 0 bridgehead atoms. The molecular formula is C15H11NO2Se. The van der Waals surface area contributed by atoms with Crippen LogP contribution in [0.2, 0.25) is 0 Å². The average Bonchev–Trinajstić information content (AvgIpc) is 2.50. The van der Waals surface area contributed by atoms with Crippen molar-refractivity contribution >= 4 is 20.5 Å². The first-order chi connectivity index (χ1) is 9.22. The number of pyridine rings is 1. The molecule has 0 aliphatic carbocycles. The summed E-state index contributed by atoms with van der Waals surface area (Å²) in [4.78, 5) is 25.9. The molecule has 0 unspecified atom stereocenters. The summed E-state index contributed by atoms with van der Waals surface area (Å²) in [6.45, 7) is 0. The second kappa shape index (κ2) is 6.23. The Morgan fingerprint density at radius 1 is 0.789 bits per heavy atom. The monoisotopic (exact) mass is 317 g/mol. The minimum Gasteiger partial charge on any atom is -0.265 e. The van der Waals surface area contributed by atoms with Gasteiger partial charge >= 0.3 is 82.4 Å². The van der Waals surface area contributed by atoms with Crippen molar-refractivity contribution in [2.24, 2.45) is 0 Å². The molecule has 0 saturated heterocycles. The van der Waals surface area contributed by atoms with Gasteiger partial charge in [-0.05, 0) is 12.1 Å². The van der Waals surface area contributed by atoms with E-state index in [1.165, 1.54) is 0 Å². The van der Waals surface area contributed by atoms with Gasteiger partial charge in [-0.1, -0.05) is 6.07 Å². The Bertz CT molecular complexity index is 690. The van der Waals surface area contributed by atoms with Gasteiger partial charge in [0.15, 0.2) is 0 Å². The Kier molecular flexibility index (Phi) is 4.39. The Hall–Kier alpha value is -2.03. The van der Waals surface area contributed by atoms with Crippen molar-refractivity contribution in [2.45, 2.75) is 0 Å². The molecule has 0 fully saturated rings. The molecule has 0 saturated carbocycles. The van der Waals surface area contributed by atoms with Gasteiger partial charge < -0.3 is 0 Å². The molecule has 3 rings (SSSR count). The van der Waals surface area contributed by atoms with Crippen LogP contribution in [0.15, 0.2) is 70.5 Å². The summed E-state index contributed by atoms with van der Waals surface area (Å²) in [5.41, 5.74) is 0.619. The third-order valence-electron chi connectivity index (χ3n) is 2.51. The molecule has 1 aromatic heterocycles. The minimum absolute atomic E-state index is 0.373. The van der Waals surface area contributed by atoms with Crippen LogP contribution in [0.1, 0.15) is 0 Å². The van der Waals surface area contributed by atoms with Crippen molar-refractivity contribution < 1.29 is 0 Å². The van der Waals surface area contributed by atoms with Crippen molar-refractivity contribution in [2.75, 3.05) is 0 Å². The summed E-state index contributed by atoms with van der Waals surface area (Å²) in [6, 6.07) is 14.9. The number of hydrogen-bond acceptors (Lipinski definition) is 3. The average molecular weight is 316 g/mol. The zero-order valence-corrected chi connectivity index (χ0v) is 11.9. The van der Waals surface area contributed by atoms with E-state index in [1.807, 2.05) is 48.5 Å². The molecule has 3 aromatic rings. The number of nitrogens with zero attached hydrogens (tertiary/aromatic N) is 1. The topological polar surface area (TPSA) is 47.0 Å². The van der Waals surface area contributed by atoms with Gasteiger partial charge in [0.2, 0.25) is 0 Å². The molecule has 0 amide bonds. The molecule has 19 heavy (non-hydrogen) atoms. The molecule has 0 radical (unpaired) electrons. The van der Waals surface area contributed by atoms with E-state index >= 15 is 0 Å². The summed E-state index contributed by atoms with van der Waals surface area (Å²) >= 11 is 2.15. The number of hydrogen-bond donors (Lipinski definition) is 0. The third-order valence-corrected chi connectivity index (χ3v) is 3.41. The molecule has 0 aliphatic rings. The fourth-order valence-electron chi connectivity index (χ4n) is 1.56. The smallest absolute Gasteiger partial charge is 0.0267 e. The molecule has 0 atom stereocenters. The predicted octanol–water partition coefficient (Wildman–Crippen LogP) is 0.557. The quantitative estimate of drug-likeness (QED) is 0.487. The van der Waals surface area contributed by atoms with Crippen molar-refractivity contribution in [1.82, 2.24) is 4.98 Å². The Morgan fingerprint density at radius 3 is 1.79 bits per heavy atom. The number of benzene rings is 1.